The molecule has 0 spiro atoms. The maximum atomic E-state index is 13.0. The number of halogens is 1. The Balaban J connectivity index is 1.79. The minimum Gasteiger partial charge on any atom is -0.327 e. The molecule has 1 aliphatic rings. The molecule has 0 aliphatic carbocycles. The molecule has 21 heavy (non-hydrogen) atoms. The van der Waals surface area contributed by atoms with Gasteiger partial charge in [0, 0.05) is 31.2 Å². The number of piperidine rings is 1. The summed E-state index contributed by atoms with van der Waals surface area (Å²) in [6, 6.07) is 6.16. The van der Waals surface area contributed by atoms with Crippen LogP contribution in [-0.4, -0.2) is 36.5 Å². The van der Waals surface area contributed by atoms with E-state index < -0.39 is 0 Å². The van der Waals surface area contributed by atoms with Gasteiger partial charge in [0.15, 0.2) is 0 Å². The SMILES string of the molecule is CC1(C)CN(CCC(=O)Nc2cccc(F)c2)CCC1N. The number of amides is 1. The summed E-state index contributed by atoms with van der Waals surface area (Å²) in [5, 5.41) is 2.72. The van der Waals surface area contributed by atoms with Crippen LogP contribution in [0.15, 0.2) is 24.3 Å². The number of carbonyl (C=O) groups is 1. The molecule has 0 bridgehead atoms. The van der Waals surface area contributed by atoms with E-state index in [9.17, 15) is 9.18 Å². The number of benzene rings is 1. The van der Waals surface area contributed by atoms with Crippen LogP contribution < -0.4 is 11.1 Å². The van der Waals surface area contributed by atoms with E-state index in [4.69, 9.17) is 5.73 Å². The van der Waals surface area contributed by atoms with E-state index in [1.54, 1.807) is 12.1 Å². The van der Waals surface area contributed by atoms with Crippen LogP contribution in [-0.2, 0) is 4.79 Å². The van der Waals surface area contributed by atoms with Crippen LogP contribution in [0.1, 0.15) is 26.7 Å². The van der Waals surface area contributed by atoms with Gasteiger partial charge in [-0.3, -0.25) is 4.79 Å². The van der Waals surface area contributed by atoms with Gasteiger partial charge >= 0.3 is 0 Å². The number of carbonyl (C=O) groups excluding carboxylic acids is 1. The molecule has 0 aromatic heterocycles. The van der Waals surface area contributed by atoms with Crippen molar-refractivity contribution in [2.45, 2.75) is 32.7 Å². The first-order valence-electron chi connectivity index (χ1n) is 7.40. The largest absolute Gasteiger partial charge is 0.327 e. The average Bonchev–Trinajstić information content (AvgIpc) is 2.40. The fraction of sp³-hybridized carbons (Fsp3) is 0.562. The normalized spacial score (nSPS) is 22.0. The lowest BCUT2D eigenvalue weighted by atomic mass is 9.80. The quantitative estimate of drug-likeness (QED) is 0.895. The number of hydrogen-bond acceptors (Lipinski definition) is 3. The van der Waals surface area contributed by atoms with Crippen molar-refractivity contribution in [3.8, 4) is 0 Å². The molecule has 1 aromatic carbocycles. The Labute approximate surface area is 125 Å². The number of rotatable bonds is 4. The van der Waals surface area contributed by atoms with Gasteiger partial charge in [-0.15, -0.1) is 0 Å². The van der Waals surface area contributed by atoms with Crippen molar-refractivity contribution in [3.63, 3.8) is 0 Å². The van der Waals surface area contributed by atoms with Crippen molar-refractivity contribution < 1.29 is 9.18 Å². The van der Waals surface area contributed by atoms with Gasteiger partial charge in [-0.2, -0.15) is 0 Å². The molecule has 1 aliphatic heterocycles. The van der Waals surface area contributed by atoms with E-state index in [0.717, 1.165) is 19.5 Å². The first kappa shape index (κ1) is 15.9. The van der Waals surface area contributed by atoms with E-state index >= 15 is 0 Å². The molecule has 1 saturated heterocycles. The Morgan fingerprint density at radius 1 is 1.52 bits per heavy atom. The topological polar surface area (TPSA) is 58.4 Å². The second-order valence-corrected chi connectivity index (χ2v) is 6.47. The lowest BCUT2D eigenvalue weighted by Crippen LogP contribution is -2.52. The van der Waals surface area contributed by atoms with Crippen molar-refractivity contribution in [3.05, 3.63) is 30.1 Å². The third-order valence-electron chi connectivity index (χ3n) is 4.15. The molecule has 1 fully saturated rings. The van der Waals surface area contributed by atoms with Gasteiger partial charge in [0.2, 0.25) is 5.91 Å². The zero-order valence-corrected chi connectivity index (χ0v) is 12.7. The van der Waals surface area contributed by atoms with E-state index in [-0.39, 0.29) is 23.2 Å². The van der Waals surface area contributed by atoms with Crippen LogP contribution in [0.5, 0.6) is 0 Å². The highest BCUT2D eigenvalue weighted by Gasteiger charge is 2.33. The number of hydrogen-bond donors (Lipinski definition) is 2. The Morgan fingerprint density at radius 2 is 2.29 bits per heavy atom. The van der Waals surface area contributed by atoms with Gasteiger partial charge in [-0.1, -0.05) is 19.9 Å². The van der Waals surface area contributed by atoms with Gasteiger partial charge in [0.1, 0.15) is 5.82 Å². The summed E-state index contributed by atoms with van der Waals surface area (Å²) in [5.74, 6) is -0.437. The van der Waals surface area contributed by atoms with Crippen LogP contribution >= 0.6 is 0 Å². The smallest absolute Gasteiger partial charge is 0.225 e. The van der Waals surface area contributed by atoms with Gasteiger partial charge in [-0.05, 0) is 36.6 Å². The van der Waals surface area contributed by atoms with Crippen LogP contribution in [0.2, 0.25) is 0 Å². The highest BCUT2D eigenvalue weighted by molar-refractivity contribution is 5.90. The van der Waals surface area contributed by atoms with Gasteiger partial charge in [0.25, 0.3) is 0 Å². The number of nitrogens with zero attached hydrogens (tertiary/aromatic N) is 1. The summed E-state index contributed by atoms with van der Waals surface area (Å²) < 4.78 is 13.0. The van der Waals surface area contributed by atoms with Crippen molar-refractivity contribution >= 4 is 11.6 Å². The summed E-state index contributed by atoms with van der Waals surface area (Å²) in [4.78, 5) is 14.2. The maximum absolute atomic E-state index is 13.0. The Bertz CT molecular complexity index is 504. The second kappa shape index (κ2) is 6.54. The Hall–Kier alpha value is -1.46. The monoisotopic (exact) mass is 293 g/mol. The molecule has 1 atom stereocenters. The lowest BCUT2D eigenvalue weighted by molar-refractivity contribution is -0.116. The Morgan fingerprint density at radius 3 is 2.95 bits per heavy atom. The lowest BCUT2D eigenvalue weighted by Gasteiger charge is -2.42. The molecule has 2 rings (SSSR count). The minimum absolute atomic E-state index is 0.0806. The average molecular weight is 293 g/mol. The van der Waals surface area contributed by atoms with Crippen molar-refractivity contribution in [1.29, 1.82) is 0 Å². The van der Waals surface area contributed by atoms with Crippen molar-refractivity contribution in [2.24, 2.45) is 11.1 Å². The molecule has 1 heterocycles. The fourth-order valence-electron chi connectivity index (χ4n) is 2.73. The summed E-state index contributed by atoms with van der Waals surface area (Å²) >= 11 is 0. The zero-order valence-electron chi connectivity index (χ0n) is 12.7. The third-order valence-corrected chi connectivity index (χ3v) is 4.15. The number of nitrogens with two attached hydrogens (primary N) is 1. The highest BCUT2D eigenvalue weighted by Crippen LogP contribution is 2.27. The molecule has 0 radical (unpaired) electrons. The molecule has 1 unspecified atom stereocenters. The molecule has 3 N–H and O–H groups in total. The number of likely N-dealkylation sites (tertiary alicyclic amines) is 1. The third kappa shape index (κ3) is 4.51. The van der Waals surface area contributed by atoms with E-state index in [2.05, 4.69) is 24.1 Å². The molecule has 5 heteroatoms. The fourth-order valence-corrected chi connectivity index (χ4v) is 2.73. The first-order chi connectivity index (χ1) is 9.87. The summed E-state index contributed by atoms with van der Waals surface area (Å²) in [7, 11) is 0. The standard InChI is InChI=1S/C16H24FN3O/c1-16(2)11-20(8-6-14(16)18)9-7-15(21)19-13-5-3-4-12(17)10-13/h3-5,10,14H,6-9,11,18H2,1-2H3,(H,19,21). The molecule has 1 aromatic rings. The second-order valence-electron chi connectivity index (χ2n) is 6.47. The van der Waals surface area contributed by atoms with Crippen LogP contribution in [0, 0.1) is 11.2 Å². The summed E-state index contributed by atoms with van der Waals surface area (Å²) in [6.45, 7) is 6.86. The van der Waals surface area contributed by atoms with E-state index in [0.29, 0.717) is 18.7 Å². The zero-order chi connectivity index (χ0) is 15.5. The minimum atomic E-state index is -0.348. The van der Waals surface area contributed by atoms with Gasteiger partial charge < -0.3 is 16.0 Å². The molecule has 116 valence electrons. The number of nitrogens with one attached hydrogen (secondary N) is 1. The predicted molar refractivity (Wildman–Crippen MR) is 82.5 cm³/mol. The Kier molecular flexibility index (Phi) is 4.96. The summed E-state index contributed by atoms with van der Waals surface area (Å²) in [5.41, 5.74) is 6.69. The van der Waals surface area contributed by atoms with E-state index in [1.165, 1.54) is 12.1 Å². The van der Waals surface area contributed by atoms with Crippen molar-refractivity contribution in [2.75, 3.05) is 25.0 Å². The van der Waals surface area contributed by atoms with Crippen LogP contribution in [0.3, 0.4) is 0 Å². The molecule has 0 saturated carbocycles. The summed E-state index contributed by atoms with van der Waals surface area (Å²) in [6.07, 6.45) is 1.36. The molecular weight excluding hydrogens is 269 g/mol. The maximum Gasteiger partial charge on any atom is 0.225 e. The van der Waals surface area contributed by atoms with Crippen LogP contribution in [0.4, 0.5) is 10.1 Å². The molecule has 4 nitrogen and oxygen atoms in total. The van der Waals surface area contributed by atoms with Gasteiger partial charge in [0.05, 0.1) is 0 Å². The van der Waals surface area contributed by atoms with Crippen molar-refractivity contribution in [1.82, 2.24) is 4.90 Å². The molecular formula is C16H24FN3O. The highest BCUT2D eigenvalue weighted by atomic mass is 19.1. The molecule has 1 amide bonds. The first-order valence-corrected chi connectivity index (χ1v) is 7.40. The predicted octanol–water partition coefficient (Wildman–Crippen LogP) is 2.21. The van der Waals surface area contributed by atoms with E-state index in [1.807, 2.05) is 0 Å². The van der Waals surface area contributed by atoms with Crippen LogP contribution in [0.25, 0.3) is 0 Å². The van der Waals surface area contributed by atoms with Gasteiger partial charge in [-0.25, -0.2) is 4.39 Å². The number of anilines is 1.